The van der Waals surface area contributed by atoms with Crippen LogP contribution < -0.4 is 0 Å². The molecule has 0 aromatic carbocycles. The van der Waals surface area contributed by atoms with Crippen molar-refractivity contribution in [2.45, 2.75) is 31.8 Å². The van der Waals surface area contributed by atoms with Crippen LogP contribution in [0, 0.1) is 5.92 Å². The molecule has 0 saturated heterocycles. The molecule has 1 saturated carbocycles. The summed E-state index contributed by atoms with van der Waals surface area (Å²) in [6, 6.07) is 0. The third kappa shape index (κ3) is 2.19. The molecule has 0 bridgehead atoms. The van der Waals surface area contributed by atoms with Crippen molar-refractivity contribution < 1.29 is 14.6 Å². The van der Waals surface area contributed by atoms with E-state index in [9.17, 15) is 4.79 Å². The lowest BCUT2D eigenvalue weighted by molar-refractivity contribution is -0.143. The predicted molar refractivity (Wildman–Crippen MR) is 40.4 cm³/mol. The van der Waals surface area contributed by atoms with Gasteiger partial charge in [-0.15, -0.1) is 0 Å². The first-order chi connectivity index (χ1) is 5.24. The molecule has 0 atom stereocenters. The molecule has 0 radical (unpaired) electrons. The number of ether oxygens (including phenoxy) is 1. The first kappa shape index (κ1) is 8.53. The van der Waals surface area contributed by atoms with Gasteiger partial charge in [0.1, 0.15) is 0 Å². The van der Waals surface area contributed by atoms with Crippen molar-refractivity contribution >= 4 is 5.97 Å². The third-order valence-corrected chi connectivity index (χ3v) is 2.36. The average Bonchev–Trinajstić information content (AvgIpc) is 2.05. The summed E-state index contributed by atoms with van der Waals surface area (Å²) in [6.45, 7) is 0. The highest BCUT2D eigenvalue weighted by Gasteiger charge is 2.25. The molecule has 1 aliphatic rings. The van der Waals surface area contributed by atoms with E-state index in [1.807, 2.05) is 0 Å². The Hall–Kier alpha value is -0.570. The van der Waals surface area contributed by atoms with E-state index in [4.69, 9.17) is 9.84 Å². The highest BCUT2D eigenvalue weighted by atomic mass is 16.5. The van der Waals surface area contributed by atoms with Gasteiger partial charge in [0.2, 0.25) is 0 Å². The highest BCUT2D eigenvalue weighted by molar-refractivity contribution is 5.69. The molecule has 0 aromatic heterocycles. The van der Waals surface area contributed by atoms with Gasteiger partial charge in [0.15, 0.2) is 0 Å². The van der Waals surface area contributed by atoms with Gasteiger partial charge in [0.25, 0.3) is 0 Å². The standard InChI is InChI=1S/C8H14O3/c1-11-7-4-2-6(3-5-7)8(9)10/h6-7H,2-5H2,1H3,(H,9,10)/t6-,7-. The van der Waals surface area contributed by atoms with E-state index < -0.39 is 5.97 Å². The minimum Gasteiger partial charge on any atom is -0.481 e. The molecule has 0 aliphatic heterocycles. The maximum Gasteiger partial charge on any atom is 0.306 e. The van der Waals surface area contributed by atoms with Gasteiger partial charge >= 0.3 is 5.97 Å². The zero-order valence-corrected chi connectivity index (χ0v) is 6.75. The number of carboxylic acids is 1. The van der Waals surface area contributed by atoms with Crippen molar-refractivity contribution in [3.05, 3.63) is 0 Å². The zero-order valence-electron chi connectivity index (χ0n) is 6.75. The van der Waals surface area contributed by atoms with Crippen LogP contribution in [0.2, 0.25) is 0 Å². The molecule has 3 nitrogen and oxygen atoms in total. The maximum absolute atomic E-state index is 10.5. The number of rotatable bonds is 2. The van der Waals surface area contributed by atoms with Crippen molar-refractivity contribution in [2.75, 3.05) is 7.11 Å². The summed E-state index contributed by atoms with van der Waals surface area (Å²) < 4.78 is 5.13. The molecule has 3 heteroatoms. The van der Waals surface area contributed by atoms with E-state index in [1.54, 1.807) is 7.11 Å². The van der Waals surface area contributed by atoms with Crippen LogP contribution in [0.15, 0.2) is 0 Å². The number of carbonyl (C=O) groups is 1. The van der Waals surface area contributed by atoms with Crippen molar-refractivity contribution in [1.29, 1.82) is 0 Å². The number of aliphatic carboxylic acids is 1. The second kappa shape index (κ2) is 3.72. The predicted octanol–water partition coefficient (Wildman–Crippen LogP) is 1.28. The van der Waals surface area contributed by atoms with Gasteiger partial charge in [-0.05, 0) is 25.7 Å². The number of hydrogen-bond donors (Lipinski definition) is 1. The summed E-state index contributed by atoms with van der Waals surface area (Å²) in [5.74, 6) is -0.777. The molecule has 0 heterocycles. The van der Waals surface area contributed by atoms with Crippen LogP contribution in [0.4, 0.5) is 0 Å². The van der Waals surface area contributed by atoms with Crippen molar-refractivity contribution in [2.24, 2.45) is 5.92 Å². The van der Waals surface area contributed by atoms with Crippen LogP contribution in [-0.4, -0.2) is 24.3 Å². The van der Waals surface area contributed by atoms with Gasteiger partial charge in [0, 0.05) is 7.11 Å². The summed E-state index contributed by atoms with van der Waals surface area (Å²) >= 11 is 0. The molecule has 1 rings (SSSR count). The Morgan fingerprint density at radius 1 is 1.36 bits per heavy atom. The maximum atomic E-state index is 10.5. The van der Waals surface area contributed by atoms with Crippen molar-refractivity contribution in [1.82, 2.24) is 0 Å². The second-order valence-corrected chi connectivity index (χ2v) is 3.05. The fourth-order valence-corrected chi connectivity index (χ4v) is 1.55. The van der Waals surface area contributed by atoms with Gasteiger partial charge in [-0.3, -0.25) is 4.79 Å². The first-order valence-electron chi connectivity index (χ1n) is 3.99. The lowest BCUT2D eigenvalue weighted by Gasteiger charge is -2.24. The summed E-state index contributed by atoms with van der Waals surface area (Å²) in [4.78, 5) is 10.5. The SMILES string of the molecule is CO[C@H]1CC[C@H](C(=O)O)CC1. The Labute approximate surface area is 66.4 Å². The molecule has 0 amide bonds. The number of carboxylic acid groups (broad SMARTS) is 1. The summed E-state index contributed by atoms with van der Waals surface area (Å²) in [5.41, 5.74) is 0. The Morgan fingerprint density at radius 3 is 2.27 bits per heavy atom. The molecule has 0 spiro atoms. The summed E-state index contributed by atoms with van der Waals surface area (Å²) in [6.07, 6.45) is 3.63. The van der Waals surface area contributed by atoms with E-state index in [-0.39, 0.29) is 5.92 Å². The normalized spacial score (nSPS) is 31.7. The number of methoxy groups -OCH3 is 1. The zero-order chi connectivity index (χ0) is 8.27. The fraction of sp³-hybridized carbons (Fsp3) is 0.875. The molecule has 0 aromatic rings. The highest BCUT2D eigenvalue weighted by Crippen LogP contribution is 2.25. The van der Waals surface area contributed by atoms with E-state index >= 15 is 0 Å². The Kier molecular flexibility index (Phi) is 2.88. The van der Waals surface area contributed by atoms with Crippen LogP contribution in [-0.2, 0) is 9.53 Å². The van der Waals surface area contributed by atoms with Gasteiger partial charge in [-0.2, -0.15) is 0 Å². The van der Waals surface area contributed by atoms with Crippen LogP contribution in [0.1, 0.15) is 25.7 Å². The van der Waals surface area contributed by atoms with Crippen LogP contribution in [0.25, 0.3) is 0 Å². The van der Waals surface area contributed by atoms with Gasteiger partial charge in [-0.25, -0.2) is 0 Å². The molecule has 1 aliphatic carbocycles. The lowest BCUT2D eigenvalue weighted by atomic mass is 9.87. The minimum absolute atomic E-state index is 0.124. The van der Waals surface area contributed by atoms with Crippen molar-refractivity contribution in [3.8, 4) is 0 Å². The van der Waals surface area contributed by atoms with Crippen LogP contribution in [0.5, 0.6) is 0 Å². The van der Waals surface area contributed by atoms with Crippen LogP contribution in [0.3, 0.4) is 0 Å². The second-order valence-electron chi connectivity index (χ2n) is 3.05. The topological polar surface area (TPSA) is 46.5 Å². The molecule has 64 valence electrons. The molecule has 11 heavy (non-hydrogen) atoms. The average molecular weight is 158 g/mol. The summed E-state index contributed by atoms with van der Waals surface area (Å²) in [5, 5.41) is 8.66. The smallest absolute Gasteiger partial charge is 0.306 e. The lowest BCUT2D eigenvalue weighted by Crippen LogP contribution is -2.25. The molecule has 1 N–H and O–H groups in total. The first-order valence-corrected chi connectivity index (χ1v) is 3.99. The fourth-order valence-electron chi connectivity index (χ4n) is 1.55. The minimum atomic E-state index is -0.653. The van der Waals surface area contributed by atoms with E-state index in [1.165, 1.54) is 0 Å². The van der Waals surface area contributed by atoms with Crippen LogP contribution >= 0.6 is 0 Å². The Balaban J connectivity index is 2.30. The summed E-state index contributed by atoms with van der Waals surface area (Å²) in [7, 11) is 1.69. The Morgan fingerprint density at radius 2 is 1.91 bits per heavy atom. The van der Waals surface area contributed by atoms with Gasteiger partial charge < -0.3 is 9.84 Å². The quantitative estimate of drug-likeness (QED) is 0.658. The monoisotopic (exact) mass is 158 g/mol. The third-order valence-electron chi connectivity index (χ3n) is 2.36. The van der Waals surface area contributed by atoms with E-state index in [0.29, 0.717) is 6.10 Å². The largest absolute Gasteiger partial charge is 0.481 e. The molecular formula is C8H14O3. The van der Waals surface area contributed by atoms with Gasteiger partial charge in [0.05, 0.1) is 12.0 Å². The Bertz CT molecular complexity index is 136. The van der Waals surface area contributed by atoms with E-state index in [2.05, 4.69) is 0 Å². The van der Waals surface area contributed by atoms with E-state index in [0.717, 1.165) is 25.7 Å². The van der Waals surface area contributed by atoms with Gasteiger partial charge in [-0.1, -0.05) is 0 Å². The molecular weight excluding hydrogens is 144 g/mol. The number of hydrogen-bond acceptors (Lipinski definition) is 2. The van der Waals surface area contributed by atoms with Crippen molar-refractivity contribution in [3.63, 3.8) is 0 Å². The molecule has 0 unspecified atom stereocenters. The molecule has 1 fully saturated rings.